The van der Waals surface area contributed by atoms with Crippen molar-refractivity contribution in [3.05, 3.63) is 99.0 Å². The zero-order valence-electron chi connectivity index (χ0n) is 14.5. The minimum absolute atomic E-state index is 0.0417. The Kier molecular flexibility index (Phi) is 5.40. The third-order valence-corrected chi connectivity index (χ3v) is 4.15. The Balaban J connectivity index is 1.98. The van der Waals surface area contributed by atoms with Gasteiger partial charge in [-0.15, -0.1) is 0 Å². The van der Waals surface area contributed by atoms with Crippen LogP contribution >= 0.6 is 0 Å². The first-order chi connectivity index (χ1) is 13.0. The van der Waals surface area contributed by atoms with E-state index in [1.54, 1.807) is 31.2 Å². The third kappa shape index (κ3) is 4.08. The van der Waals surface area contributed by atoms with E-state index >= 15 is 0 Å². The summed E-state index contributed by atoms with van der Waals surface area (Å²) in [7, 11) is 0. The number of rotatable bonds is 5. The van der Waals surface area contributed by atoms with Crippen LogP contribution < -0.4 is 10.9 Å². The van der Waals surface area contributed by atoms with Gasteiger partial charge < -0.3 is 10.3 Å². The molecule has 0 unspecified atom stereocenters. The van der Waals surface area contributed by atoms with E-state index in [9.17, 15) is 18.4 Å². The lowest BCUT2D eigenvalue weighted by atomic mass is 10.0. The third-order valence-electron chi connectivity index (χ3n) is 4.15. The first-order valence-electron chi connectivity index (χ1n) is 8.25. The molecule has 0 bridgehead atoms. The zero-order valence-corrected chi connectivity index (χ0v) is 14.5. The van der Waals surface area contributed by atoms with Crippen molar-refractivity contribution in [1.82, 2.24) is 15.3 Å². The zero-order chi connectivity index (χ0) is 19.4. The molecule has 5 nitrogen and oxygen atoms in total. The lowest BCUT2D eigenvalue weighted by Gasteiger charge is -2.20. The summed E-state index contributed by atoms with van der Waals surface area (Å²) in [6, 6.07) is 9.65. The van der Waals surface area contributed by atoms with Crippen molar-refractivity contribution in [1.29, 1.82) is 0 Å². The number of alkyl halides is 1. The molecule has 2 N–H and O–H groups in total. The molecule has 1 aromatic carbocycles. The van der Waals surface area contributed by atoms with Crippen LogP contribution in [0.2, 0.25) is 0 Å². The molecule has 0 aliphatic rings. The smallest absolute Gasteiger partial charge is 0.253 e. The highest BCUT2D eigenvalue weighted by molar-refractivity contribution is 5.94. The summed E-state index contributed by atoms with van der Waals surface area (Å²) >= 11 is 0. The second-order valence-electron chi connectivity index (χ2n) is 6.05. The quantitative estimate of drug-likeness (QED) is 0.725. The number of carbonyl (C=O) groups excluding carboxylic acids is 1. The first kappa shape index (κ1) is 18.4. The Morgan fingerprint density at radius 1 is 1.26 bits per heavy atom. The van der Waals surface area contributed by atoms with E-state index < -0.39 is 24.4 Å². The Morgan fingerprint density at radius 3 is 2.63 bits per heavy atom. The molecular formula is C20H17F2N3O2. The van der Waals surface area contributed by atoms with E-state index in [0.29, 0.717) is 16.7 Å². The molecule has 7 heteroatoms. The summed E-state index contributed by atoms with van der Waals surface area (Å²) in [6.07, 6.45) is 2.72. The summed E-state index contributed by atoms with van der Waals surface area (Å²) in [5.74, 6) is -1.08. The average Bonchev–Trinajstić information content (AvgIpc) is 2.69. The van der Waals surface area contributed by atoms with Crippen LogP contribution in [-0.4, -0.2) is 15.9 Å². The van der Waals surface area contributed by atoms with Gasteiger partial charge in [0, 0.05) is 18.0 Å². The van der Waals surface area contributed by atoms with Gasteiger partial charge in [0.25, 0.3) is 11.5 Å². The Bertz CT molecular complexity index is 1020. The van der Waals surface area contributed by atoms with Gasteiger partial charge in [-0.1, -0.05) is 24.3 Å². The maximum atomic E-state index is 14.3. The molecule has 0 aliphatic carbocycles. The van der Waals surface area contributed by atoms with Crippen LogP contribution in [0.1, 0.15) is 38.8 Å². The number of benzene rings is 1. The second-order valence-corrected chi connectivity index (χ2v) is 6.05. The molecule has 138 valence electrons. The summed E-state index contributed by atoms with van der Waals surface area (Å²) in [5, 5.41) is 2.73. The fourth-order valence-corrected chi connectivity index (χ4v) is 2.66. The van der Waals surface area contributed by atoms with Gasteiger partial charge in [0.15, 0.2) is 0 Å². The molecule has 2 heterocycles. The molecular weight excluding hydrogens is 352 g/mol. The lowest BCUT2D eigenvalue weighted by Crippen LogP contribution is -2.31. The number of aryl methyl sites for hydroxylation is 1. The molecule has 1 atom stereocenters. The summed E-state index contributed by atoms with van der Waals surface area (Å²) in [6.45, 7) is 0.965. The number of aromatic nitrogens is 2. The maximum Gasteiger partial charge on any atom is 0.253 e. The van der Waals surface area contributed by atoms with E-state index in [0.717, 1.165) is 0 Å². The Morgan fingerprint density at radius 2 is 2.00 bits per heavy atom. The molecule has 0 saturated carbocycles. The van der Waals surface area contributed by atoms with Gasteiger partial charge in [0.1, 0.15) is 18.2 Å². The van der Waals surface area contributed by atoms with Crippen molar-refractivity contribution in [2.24, 2.45) is 0 Å². The topological polar surface area (TPSA) is 74.8 Å². The van der Waals surface area contributed by atoms with Crippen molar-refractivity contribution in [2.45, 2.75) is 19.6 Å². The van der Waals surface area contributed by atoms with Gasteiger partial charge in [-0.3, -0.25) is 14.6 Å². The molecule has 0 aliphatic heterocycles. The van der Waals surface area contributed by atoms with E-state index in [-0.39, 0.29) is 16.8 Å². The van der Waals surface area contributed by atoms with Crippen LogP contribution in [0.25, 0.3) is 0 Å². The molecule has 27 heavy (non-hydrogen) atoms. The number of pyridine rings is 2. The number of hydrogen-bond donors (Lipinski definition) is 2. The largest absolute Gasteiger partial charge is 0.339 e. The number of hydrogen-bond acceptors (Lipinski definition) is 3. The summed E-state index contributed by atoms with van der Waals surface area (Å²) in [5.41, 5.74) is 1.39. The Hall–Kier alpha value is -3.35. The van der Waals surface area contributed by atoms with Crippen molar-refractivity contribution in [3.63, 3.8) is 0 Å². The van der Waals surface area contributed by atoms with Crippen LogP contribution in [0.5, 0.6) is 0 Å². The van der Waals surface area contributed by atoms with Gasteiger partial charge >= 0.3 is 0 Å². The van der Waals surface area contributed by atoms with Crippen molar-refractivity contribution in [2.75, 3.05) is 0 Å². The van der Waals surface area contributed by atoms with Gasteiger partial charge in [-0.2, -0.15) is 0 Å². The highest BCUT2D eigenvalue weighted by Crippen LogP contribution is 2.24. The second kappa shape index (κ2) is 7.90. The highest BCUT2D eigenvalue weighted by Gasteiger charge is 2.22. The van der Waals surface area contributed by atoms with Gasteiger partial charge in [0.2, 0.25) is 0 Å². The number of H-pyrrole nitrogens is 1. The first-order valence-corrected chi connectivity index (χ1v) is 8.25. The lowest BCUT2D eigenvalue weighted by molar-refractivity contribution is 0.0941. The average molecular weight is 369 g/mol. The highest BCUT2D eigenvalue weighted by atomic mass is 19.1. The monoisotopic (exact) mass is 369 g/mol. The van der Waals surface area contributed by atoms with Crippen LogP contribution in [-0.2, 0) is 6.67 Å². The number of halogens is 2. The molecule has 3 aromatic rings. The number of carbonyl (C=O) groups is 1. The van der Waals surface area contributed by atoms with Crippen molar-refractivity contribution < 1.29 is 13.6 Å². The van der Waals surface area contributed by atoms with Crippen LogP contribution in [0, 0.1) is 12.7 Å². The predicted molar refractivity (Wildman–Crippen MR) is 96.6 cm³/mol. The van der Waals surface area contributed by atoms with E-state index in [2.05, 4.69) is 15.3 Å². The summed E-state index contributed by atoms with van der Waals surface area (Å²) < 4.78 is 27.1. The summed E-state index contributed by atoms with van der Waals surface area (Å²) in [4.78, 5) is 30.7. The van der Waals surface area contributed by atoms with Crippen molar-refractivity contribution >= 4 is 5.91 Å². The van der Waals surface area contributed by atoms with Crippen LogP contribution in [0.4, 0.5) is 8.78 Å². The fraction of sp³-hybridized carbons (Fsp3) is 0.150. The van der Waals surface area contributed by atoms with Gasteiger partial charge in [-0.25, -0.2) is 8.78 Å². The van der Waals surface area contributed by atoms with E-state index in [1.165, 1.54) is 30.6 Å². The Labute approximate surface area is 154 Å². The SMILES string of the molecule is Cc1cc(C(=O)N[C@@H](c2ccc(CF)cc2)c2ncccc2F)c[nH]c1=O. The van der Waals surface area contributed by atoms with E-state index in [4.69, 9.17) is 0 Å². The number of aromatic amines is 1. The molecule has 2 aromatic heterocycles. The van der Waals surface area contributed by atoms with Crippen molar-refractivity contribution in [3.8, 4) is 0 Å². The van der Waals surface area contributed by atoms with Gasteiger partial charge in [0.05, 0.1) is 11.6 Å². The fourth-order valence-electron chi connectivity index (χ4n) is 2.66. The number of nitrogens with one attached hydrogen (secondary N) is 2. The maximum absolute atomic E-state index is 14.3. The number of amides is 1. The molecule has 0 radical (unpaired) electrons. The minimum Gasteiger partial charge on any atom is -0.339 e. The normalized spacial score (nSPS) is 11.8. The van der Waals surface area contributed by atoms with Gasteiger partial charge in [-0.05, 0) is 36.2 Å². The van der Waals surface area contributed by atoms with E-state index in [1.807, 2.05) is 0 Å². The molecule has 0 fully saturated rings. The van der Waals surface area contributed by atoms with Crippen LogP contribution in [0.3, 0.4) is 0 Å². The molecule has 0 saturated heterocycles. The standard InChI is InChI=1S/C20H17F2N3O2/c1-12-9-15(11-24-19(12)26)20(27)25-17(18-16(22)3-2-8-23-18)14-6-4-13(10-21)5-7-14/h2-9,11,17H,10H2,1H3,(H,24,26)(H,25,27)/t17-/m0/s1. The molecule has 3 rings (SSSR count). The molecule has 1 amide bonds. The number of nitrogens with zero attached hydrogens (tertiary/aromatic N) is 1. The predicted octanol–water partition coefficient (Wildman–Crippen LogP) is 3.21. The minimum atomic E-state index is -0.875. The molecule has 0 spiro atoms. The van der Waals surface area contributed by atoms with Crippen LogP contribution in [0.15, 0.2) is 59.7 Å².